The molecular weight excluding hydrogens is 776 g/mol. The smallest absolute Gasteiger partial charge is 0.442 e. The summed E-state index contributed by atoms with van der Waals surface area (Å²) in [5, 5.41) is 20.7. The second-order valence-corrected chi connectivity index (χ2v) is 14.8. The van der Waals surface area contributed by atoms with Crippen LogP contribution in [0.3, 0.4) is 0 Å². The van der Waals surface area contributed by atoms with Gasteiger partial charge in [0.05, 0.1) is 38.5 Å². The first-order chi connectivity index (χ1) is 27.4. The van der Waals surface area contributed by atoms with Crippen molar-refractivity contribution in [2.24, 2.45) is 10.2 Å². The minimum absolute atomic E-state index is 0.00730. The molecule has 1 aromatic rings. The van der Waals surface area contributed by atoms with Crippen LogP contribution in [-0.2, 0) is 39.0 Å². The van der Waals surface area contributed by atoms with Gasteiger partial charge in [0.25, 0.3) is 5.91 Å². The average molecular weight is 828 g/mol. The van der Waals surface area contributed by atoms with Crippen molar-refractivity contribution in [2.75, 3.05) is 65.1 Å². The number of carbonyl (C=O) groups is 5. The number of hydrogen-bond donors (Lipinski definition) is 5. The molecule has 2 fully saturated rings. The van der Waals surface area contributed by atoms with Gasteiger partial charge in [0.1, 0.15) is 12.6 Å². The van der Waals surface area contributed by atoms with Crippen molar-refractivity contribution < 1.29 is 56.1 Å². The SMILES string of the molecule is C=CCOC(=O)C(CCC(=O)NCCCOCCOCCOCCCNC(=O)CCCC[C@@H]1SCC2NC(=O)NC21)NC(=O)c1ccc(C2(C(F)(F)F)N=N2)cc1. The molecule has 57 heavy (non-hydrogen) atoms. The maximum atomic E-state index is 13.3. The van der Waals surface area contributed by atoms with Crippen LogP contribution in [0.5, 0.6) is 0 Å². The Balaban J connectivity index is 0.947. The van der Waals surface area contributed by atoms with Gasteiger partial charge >= 0.3 is 23.8 Å². The lowest BCUT2D eigenvalue weighted by Gasteiger charge is -2.18. The molecule has 5 amide bonds. The fourth-order valence-electron chi connectivity index (χ4n) is 6.10. The Morgan fingerprint density at radius 2 is 1.51 bits per heavy atom. The number of halogens is 3. The topological polar surface area (TPSA) is 207 Å². The third-order valence-electron chi connectivity index (χ3n) is 9.24. The van der Waals surface area contributed by atoms with Crippen LogP contribution in [0.4, 0.5) is 18.0 Å². The highest BCUT2D eigenvalue weighted by Gasteiger charge is 2.65. The Kier molecular flexibility index (Phi) is 18.5. The van der Waals surface area contributed by atoms with E-state index < -0.39 is 29.8 Å². The summed E-state index contributed by atoms with van der Waals surface area (Å²) in [7, 11) is 0. The molecule has 0 bridgehead atoms. The number of unbranched alkanes of at least 4 members (excludes halogenated alkanes) is 1. The Labute approximate surface area is 333 Å². The monoisotopic (exact) mass is 827 g/mol. The van der Waals surface area contributed by atoms with E-state index in [0.29, 0.717) is 77.2 Å². The summed E-state index contributed by atoms with van der Waals surface area (Å²) in [5.74, 6) is -0.929. The molecule has 3 heterocycles. The Bertz CT molecular complexity index is 1530. The molecule has 316 valence electrons. The predicted molar refractivity (Wildman–Crippen MR) is 202 cm³/mol. The highest BCUT2D eigenvalue weighted by molar-refractivity contribution is 8.00. The second-order valence-electron chi connectivity index (χ2n) is 13.5. The molecule has 0 aliphatic carbocycles. The van der Waals surface area contributed by atoms with Crippen LogP contribution >= 0.6 is 11.8 Å². The van der Waals surface area contributed by atoms with E-state index in [1.807, 2.05) is 11.8 Å². The molecule has 5 N–H and O–H groups in total. The van der Waals surface area contributed by atoms with Gasteiger partial charge in [-0.15, -0.1) is 10.2 Å². The van der Waals surface area contributed by atoms with Crippen molar-refractivity contribution in [1.82, 2.24) is 26.6 Å². The van der Waals surface area contributed by atoms with E-state index in [4.69, 9.17) is 18.9 Å². The van der Waals surface area contributed by atoms with Crippen LogP contribution in [0.2, 0.25) is 0 Å². The zero-order chi connectivity index (χ0) is 41.1. The lowest BCUT2D eigenvalue weighted by Crippen LogP contribution is -2.42. The average Bonchev–Trinajstić information content (AvgIpc) is 3.83. The standard InChI is InChI=1S/C37H52F3N7O9S/c1-2-17-56-34(51)27(43-33(50)25-9-11-26(12-10-25)36(46-47-36)37(38,39)40)13-14-31(49)42-16-6-19-54-21-23-55-22-20-53-18-5-15-41-30(48)8-4-3-7-29-32-28(24-57-29)44-35(52)45-32/h2,9-12,27-29,32H,1,3-8,13-24H2,(H,41,48)(H,42,49)(H,43,50)(H2,44,45,52)/t27?,28?,29-,32?/m0/s1. The second kappa shape index (κ2) is 23.2. The number of nitrogens with zero attached hydrogens (tertiary/aromatic N) is 2. The van der Waals surface area contributed by atoms with Crippen LogP contribution in [0, 0.1) is 0 Å². The fourth-order valence-corrected chi connectivity index (χ4v) is 7.64. The number of hydrogen-bond acceptors (Lipinski definition) is 12. The minimum atomic E-state index is -4.71. The fraction of sp³-hybridized carbons (Fsp3) is 0.649. The van der Waals surface area contributed by atoms with Crippen molar-refractivity contribution in [3.63, 3.8) is 0 Å². The number of thioether (sulfide) groups is 1. The van der Waals surface area contributed by atoms with Crippen molar-refractivity contribution in [2.45, 2.75) is 86.6 Å². The summed E-state index contributed by atoms with van der Waals surface area (Å²) in [6.07, 6.45) is 0.897. The van der Waals surface area contributed by atoms with Crippen LogP contribution in [0.15, 0.2) is 47.1 Å². The Morgan fingerprint density at radius 1 is 0.895 bits per heavy atom. The summed E-state index contributed by atoms with van der Waals surface area (Å²) in [5.41, 5.74) is -2.87. The zero-order valence-electron chi connectivity index (χ0n) is 31.7. The molecule has 4 atom stereocenters. The van der Waals surface area contributed by atoms with Gasteiger partial charge < -0.3 is 45.5 Å². The number of esters is 1. The zero-order valence-corrected chi connectivity index (χ0v) is 32.6. The molecule has 16 nitrogen and oxygen atoms in total. The number of nitrogens with one attached hydrogen (secondary N) is 5. The van der Waals surface area contributed by atoms with Crippen LogP contribution < -0.4 is 26.6 Å². The van der Waals surface area contributed by atoms with E-state index in [2.05, 4.69) is 43.4 Å². The van der Waals surface area contributed by atoms with Gasteiger partial charge in [-0.25, -0.2) is 9.59 Å². The highest BCUT2D eigenvalue weighted by atomic mass is 32.2. The number of rotatable bonds is 28. The Morgan fingerprint density at radius 3 is 2.11 bits per heavy atom. The molecular formula is C37H52F3N7O9S. The lowest BCUT2D eigenvalue weighted by molar-refractivity contribution is -0.166. The van der Waals surface area contributed by atoms with Crippen LogP contribution in [0.1, 0.15) is 67.3 Å². The maximum absolute atomic E-state index is 13.3. The molecule has 0 saturated carbocycles. The molecule has 3 unspecified atom stereocenters. The number of benzene rings is 1. The summed E-state index contributed by atoms with van der Waals surface area (Å²) >= 11 is 1.88. The van der Waals surface area contributed by atoms with Gasteiger partial charge in [0.2, 0.25) is 11.8 Å². The third-order valence-corrected chi connectivity index (χ3v) is 10.7. The summed E-state index contributed by atoms with van der Waals surface area (Å²) in [6, 6.07) is 3.66. The molecule has 20 heteroatoms. The molecule has 3 aliphatic heterocycles. The van der Waals surface area contributed by atoms with E-state index in [9.17, 15) is 37.1 Å². The van der Waals surface area contributed by atoms with Crippen molar-refractivity contribution in [3.05, 3.63) is 48.0 Å². The van der Waals surface area contributed by atoms with E-state index >= 15 is 0 Å². The van der Waals surface area contributed by atoms with Gasteiger partial charge in [-0.3, -0.25) is 14.4 Å². The summed E-state index contributed by atoms with van der Waals surface area (Å²) in [6.45, 7) is 6.64. The number of alkyl halides is 3. The summed E-state index contributed by atoms with van der Waals surface area (Å²) in [4.78, 5) is 61.4. The number of fused-ring (bicyclic) bond motifs is 1. The van der Waals surface area contributed by atoms with Crippen molar-refractivity contribution >= 4 is 41.5 Å². The van der Waals surface area contributed by atoms with Gasteiger partial charge in [-0.1, -0.05) is 31.2 Å². The maximum Gasteiger partial charge on any atom is 0.442 e. The van der Waals surface area contributed by atoms with E-state index in [-0.39, 0.29) is 60.5 Å². The first kappa shape index (κ1) is 45.4. The van der Waals surface area contributed by atoms with Gasteiger partial charge in [0, 0.05) is 61.3 Å². The molecule has 3 aliphatic rings. The number of amides is 5. The molecule has 0 radical (unpaired) electrons. The molecule has 0 spiro atoms. The first-order valence-corrected chi connectivity index (χ1v) is 20.1. The van der Waals surface area contributed by atoms with E-state index in [0.717, 1.165) is 37.1 Å². The van der Waals surface area contributed by atoms with Gasteiger partial charge in [-0.2, -0.15) is 24.9 Å². The van der Waals surface area contributed by atoms with E-state index in [1.165, 1.54) is 18.2 Å². The van der Waals surface area contributed by atoms with Gasteiger partial charge in [-0.05, 0) is 44.2 Å². The van der Waals surface area contributed by atoms with E-state index in [1.54, 1.807) is 0 Å². The molecule has 2 saturated heterocycles. The normalized spacial score (nSPS) is 19.5. The van der Waals surface area contributed by atoms with Crippen LogP contribution in [0.25, 0.3) is 0 Å². The van der Waals surface area contributed by atoms with Gasteiger partial charge in [0.15, 0.2) is 0 Å². The molecule has 1 aromatic carbocycles. The predicted octanol–water partition coefficient (Wildman–Crippen LogP) is 3.26. The first-order valence-electron chi connectivity index (χ1n) is 19.1. The van der Waals surface area contributed by atoms with Crippen molar-refractivity contribution in [3.8, 4) is 0 Å². The largest absolute Gasteiger partial charge is 0.460 e. The van der Waals surface area contributed by atoms with Crippen LogP contribution in [-0.4, -0.2) is 124 Å². The highest BCUT2D eigenvalue weighted by Crippen LogP contribution is 2.52. The molecule has 0 aromatic heterocycles. The third kappa shape index (κ3) is 14.9. The quantitative estimate of drug-likeness (QED) is 0.0361. The van der Waals surface area contributed by atoms with Crippen molar-refractivity contribution in [1.29, 1.82) is 0 Å². The minimum Gasteiger partial charge on any atom is -0.460 e. The molecule has 4 rings (SSSR count). The lowest BCUT2D eigenvalue weighted by atomic mass is 10.0. The number of ether oxygens (including phenoxy) is 4. The summed E-state index contributed by atoms with van der Waals surface area (Å²) < 4.78 is 61.4. The number of carbonyl (C=O) groups excluding carboxylic acids is 5. The number of urea groups is 1. The Hall–Kier alpha value is -4.27.